The SMILES string of the molecule is Cc1ccc(C(=O)N[C@@H]2CO[C@@H]3[C@@H]2OC[C@H]3OCC(N)=O)cc1. The van der Waals surface area contributed by atoms with Crippen molar-refractivity contribution in [3.63, 3.8) is 0 Å². The average Bonchev–Trinajstić information content (AvgIpc) is 3.09. The van der Waals surface area contributed by atoms with Gasteiger partial charge in [0, 0.05) is 5.56 Å². The largest absolute Gasteiger partial charge is 0.370 e. The second-order valence-corrected chi connectivity index (χ2v) is 5.86. The van der Waals surface area contributed by atoms with E-state index in [1.807, 2.05) is 19.1 Å². The van der Waals surface area contributed by atoms with E-state index in [0.29, 0.717) is 18.8 Å². The Morgan fingerprint density at radius 3 is 2.61 bits per heavy atom. The van der Waals surface area contributed by atoms with Crippen LogP contribution in [0.15, 0.2) is 24.3 Å². The monoisotopic (exact) mass is 320 g/mol. The molecule has 0 spiro atoms. The number of hydrogen-bond donors (Lipinski definition) is 2. The highest BCUT2D eigenvalue weighted by molar-refractivity contribution is 5.94. The molecule has 0 radical (unpaired) electrons. The predicted molar refractivity (Wildman–Crippen MR) is 80.8 cm³/mol. The summed E-state index contributed by atoms with van der Waals surface area (Å²) >= 11 is 0. The molecule has 0 aliphatic carbocycles. The average molecular weight is 320 g/mol. The van der Waals surface area contributed by atoms with E-state index in [4.69, 9.17) is 19.9 Å². The van der Waals surface area contributed by atoms with Gasteiger partial charge in [0.1, 0.15) is 24.9 Å². The van der Waals surface area contributed by atoms with E-state index in [1.54, 1.807) is 12.1 Å². The minimum atomic E-state index is -0.532. The van der Waals surface area contributed by atoms with Crippen LogP contribution in [0.2, 0.25) is 0 Å². The lowest BCUT2D eigenvalue weighted by Gasteiger charge is -2.18. The topological polar surface area (TPSA) is 99.9 Å². The fraction of sp³-hybridized carbons (Fsp3) is 0.500. The van der Waals surface area contributed by atoms with Crippen LogP contribution < -0.4 is 11.1 Å². The number of aryl methyl sites for hydroxylation is 1. The van der Waals surface area contributed by atoms with Gasteiger partial charge < -0.3 is 25.3 Å². The molecule has 7 heteroatoms. The van der Waals surface area contributed by atoms with Gasteiger partial charge in [-0.25, -0.2) is 0 Å². The van der Waals surface area contributed by atoms with Crippen LogP contribution >= 0.6 is 0 Å². The van der Waals surface area contributed by atoms with Crippen LogP contribution in [0.5, 0.6) is 0 Å². The number of benzene rings is 1. The van der Waals surface area contributed by atoms with Crippen molar-refractivity contribution in [1.82, 2.24) is 5.32 Å². The van der Waals surface area contributed by atoms with Crippen molar-refractivity contribution in [2.75, 3.05) is 19.8 Å². The van der Waals surface area contributed by atoms with Crippen LogP contribution in [0, 0.1) is 6.92 Å². The normalized spacial score (nSPS) is 29.3. The maximum absolute atomic E-state index is 12.3. The molecule has 1 aromatic rings. The Bertz CT molecular complexity index is 589. The molecule has 3 N–H and O–H groups in total. The molecular weight excluding hydrogens is 300 g/mol. The zero-order valence-corrected chi connectivity index (χ0v) is 12.9. The summed E-state index contributed by atoms with van der Waals surface area (Å²) in [6.07, 6.45) is -0.909. The number of rotatable bonds is 5. The number of hydrogen-bond acceptors (Lipinski definition) is 5. The van der Waals surface area contributed by atoms with E-state index < -0.39 is 5.91 Å². The van der Waals surface area contributed by atoms with Crippen LogP contribution in [0.3, 0.4) is 0 Å². The second-order valence-electron chi connectivity index (χ2n) is 5.86. The first-order valence-corrected chi connectivity index (χ1v) is 7.55. The molecule has 0 bridgehead atoms. The number of nitrogens with one attached hydrogen (secondary N) is 1. The van der Waals surface area contributed by atoms with E-state index in [9.17, 15) is 9.59 Å². The number of ether oxygens (including phenoxy) is 3. The molecule has 0 aromatic heterocycles. The third-order valence-electron chi connectivity index (χ3n) is 4.08. The fourth-order valence-electron chi connectivity index (χ4n) is 2.88. The Labute approximate surface area is 134 Å². The first-order valence-electron chi connectivity index (χ1n) is 7.55. The third-order valence-corrected chi connectivity index (χ3v) is 4.08. The summed E-state index contributed by atoms with van der Waals surface area (Å²) in [5, 5.41) is 2.94. The molecule has 2 heterocycles. The molecule has 2 fully saturated rings. The van der Waals surface area contributed by atoms with Gasteiger partial charge in [-0.2, -0.15) is 0 Å². The summed E-state index contributed by atoms with van der Waals surface area (Å²) in [5.74, 6) is -0.694. The quantitative estimate of drug-likeness (QED) is 0.780. The maximum atomic E-state index is 12.3. The molecule has 0 saturated carbocycles. The third kappa shape index (κ3) is 3.52. The summed E-state index contributed by atoms with van der Waals surface area (Å²) in [7, 11) is 0. The van der Waals surface area contributed by atoms with Crippen LogP contribution in [0.1, 0.15) is 15.9 Å². The van der Waals surface area contributed by atoms with Crippen molar-refractivity contribution in [1.29, 1.82) is 0 Å². The Balaban J connectivity index is 1.57. The van der Waals surface area contributed by atoms with Crippen molar-refractivity contribution in [3.05, 3.63) is 35.4 Å². The number of primary amides is 1. The van der Waals surface area contributed by atoms with Crippen LogP contribution in [0.25, 0.3) is 0 Å². The van der Waals surface area contributed by atoms with Gasteiger partial charge in [0.25, 0.3) is 5.91 Å². The van der Waals surface area contributed by atoms with Crippen molar-refractivity contribution >= 4 is 11.8 Å². The van der Waals surface area contributed by atoms with Crippen molar-refractivity contribution in [2.24, 2.45) is 5.73 Å². The first-order chi connectivity index (χ1) is 11.0. The Kier molecular flexibility index (Phi) is 4.61. The van der Waals surface area contributed by atoms with E-state index in [0.717, 1.165) is 5.56 Å². The zero-order chi connectivity index (χ0) is 16.4. The smallest absolute Gasteiger partial charge is 0.251 e. The standard InChI is InChI=1S/C16H20N2O5/c1-9-2-4-10(5-3-9)16(20)18-11-6-22-15-12(7-23-14(11)15)21-8-13(17)19/h2-5,11-12,14-15H,6-8H2,1H3,(H2,17,19)(H,18,20)/t11-,12-,14-,15+/m1/s1. The Morgan fingerprint density at radius 1 is 1.22 bits per heavy atom. The molecule has 2 saturated heterocycles. The van der Waals surface area contributed by atoms with Gasteiger partial charge >= 0.3 is 0 Å². The van der Waals surface area contributed by atoms with Gasteiger partial charge in [-0.3, -0.25) is 9.59 Å². The first kappa shape index (κ1) is 15.9. The summed E-state index contributed by atoms with van der Waals surface area (Å²) in [6.45, 7) is 2.47. The van der Waals surface area contributed by atoms with Gasteiger partial charge in [-0.05, 0) is 19.1 Å². The van der Waals surface area contributed by atoms with Crippen LogP contribution in [-0.4, -0.2) is 56.0 Å². The number of fused-ring (bicyclic) bond motifs is 1. The number of carbonyl (C=O) groups is 2. The van der Waals surface area contributed by atoms with E-state index in [1.165, 1.54) is 0 Å². The van der Waals surface area contributed by atoms with Crippen molar-refractivity contribution in [3.8, 4) is 0 Å². The van der Waals surface area contributed by atoms with E-state index in [2.05, 4.69) is 5.32 Å². The molecule has 3 rings (SSSR count). The summed E-state index contributed by atoms with van der Waals surface area (Å²) in [5.41, 5.74) is 6.77. The zero-order valence-electron chi connectivity index (χ0n) is 12.9. The van der Waals surface area contributed by atoms with E-state index in [-0.39, 0.29) is 36.9 Å². The fourth-order valence-corrected chi connectivity index (χ4v) is 2.88. The van der Waals surface area contributed by atoms with E-state index >= 15 is 0 Å². The summed E-state index contributed by atoms with van der Waals surface area (Å²) < 4.78 is 16.7. The number of carbonyl (C=O) groups excluding carboxylic acids is 2. The minimum absolute atomic E-state index is 0.163. The summed E-state index contributed by atoms with van der Waals surface area (Å²) in [4.78, 5) is 23.1. The number of nitrogens with two attached hydrogens (primary N) is 1. The molecule has 23 heavy (non-hydrogen) atoms. The highest BCUT2D eigenvalue weighted by Gasteiger charge is 2.48. The number of amides is 2. The lowest BCUT2D eigenvalue weighted by atomic mass is 10.1. The van der Waals surface area contributed by atoms with Gasteiger partial charge in [-0.15, -0.1) is 0 Å². The molecule has 2 aliphatic rings. The molecular formula is C16H20N2O5. The Hall–Kier alpha value is -1.96. The predicted octanol–water partition coefficient (Wildman–Crippen LogP) is -0.238. The highest BCUT2D eigenvalue weighted by Crippen LogP contribution is 2.29. The van der Waals surface area contributed by atoms with Crippen molar-refractivity contribution in [2.45, 2.75) is 31.3 Å². The lowest BCUT2D eigenvalue weighted by molar-refractivity contribution is -0.126. The lowest BCUT2D eigenvalue weighted by Crippen LogP contribution is -2.44. The maximum Gasteiger partial charge on any atom is 0.251 e. The van der Waals surface area contributed by atoms with Crippen LogP contribution in [0.4, 0.5) is 0 Å². The minimum Gasteiger partial charge on any atom is -0.370 e. The van der Waals surface area contributed by atoms with Gasteiger partial charge in [0.05, 0.1) is 19.3 Å². The van der Waals surface area contributed by atoms with Crippen LogP contribution in [-0.2, 0) is 19.0 Å². The van der Waals surface area contributed by atoms with Gasteiger partial charge in [0.15, 0.2) is 0 Å². The molecule has 7 nitrogen and oxygen atoms in total. The molecule has 1 aromatic carbocycles. The summed E-state index contributed by atoms with van der Waals surface area (Å²) in [6, 6.07) is 7.11. The van der Waals surface area contributed by atoms with Gasteiger partial charge in [0.2, 0.25) is 5.91 Å². The molecule has 2 aliphatic heterocycles. The molecule has 4 atom stereocenters. The molecule has 0 unspecified atom stereocenters. The molecule has 124 valence electrons. The second kappa shape index (κ2) is 6.66. The van der Waals surface area contributed by atoms with Gasteiger partial charge in [-0.1, -0.05) is 17.7 Å². The molecule has 2 amide bonds. The highest BCUT2D eigenvalue weighted by atomic mass is 16.6. The van der Waals surface area contributed by atoms with Crippen molar-refractivity contribution < 1.29 is 23.8 Å². The Morgan fingerprint density at radius 2 is 1.91 bits per heavy atom.